The van der Waals surface area contributed by atoms with Crippen molar-refractivity contribution in [2.45, 2.75) is 38.1 Å². The van der Waals surface area contributed by atoms with Gasteiger partial charge in [-0.05, 0) is 37.1 Å². The fourth-order valence-electron chi connectivity index (χ4n) is 3.02. The Morgan fingerprint density at radius 3 is 2.59 bits per heavy atom. The van der Waals surface area contributed by atoms with Crippen LogP contribution in [0.3, 0.4) is 0 Å². The molecule has 1 fully saturated rings. The third-order valence-electron chi connectivity index (χ3n) is 4.39. The normalized spacial score (nSPS) is 15.7. The average molecular weight is 299 g/mol. The molecule has 0 spiro atoms. The molecular weight excluding hydrogens is 278 g/mol. The minimum atomic E-state index is -0.0376. The Labute approximate surface area is 130 Å². The number of aromatic hydroxyl groups is 1. The van der Waals surface area contributed by atoms with E-state index >= 15 is 0 Å². The van der Waals surface area contributed by atoms with Crippen molar-refractivity contribution in [3.05, 3.63) is 36.8 Å². The number of carbonyl (C=O) groups excluding carboxylic acids is 1. The Balaban J connectivity index is 1.75. The Morgan fingerprint density at radius 2 is 1.91 bits per heavy atom. The van der Waals surface area contributed by atoms with Crippen LogP contribution in [0.1, 0.15) is 32.1 Å². The van der Waals surface area contributed by atoms with Crippen LogP contribution in [0.15, 0.2) is 36.8 Å². The Bertz CT molecular complexity index is 642. The summed E-state index contributed by atoms with van der Waals surface area (Å²) in [7, 11) is 1.87. The van der Waals surface area contributed by atoms with Crippen molar-refractivity contribution >= 4 is 6.03 Å². The second-order valence-corrected chi connectivity index (χ2v) is 5.90. The van der Waals surface area contributed by atoms with Crippen LogP contribution < -0.4 is 0 Å². The minimum absolute atomic E-state index is 0.0376. The molecule has 1 N–H and O–H groups in total. The molecular formula is C17H21N3O2. The standard InChI is InChI=1S/C17H21N3O2/c1-19(14-5-3-2-4-6-14)17(22)20-11-16(18-12-20)13-7-9-15(21)10-8-13/h7-12,14,21H,2-6H2,1H3. The molecule has 1 aliphatic carbocycles. The Kier molecular flexibility index (Phi) is 4.13. The summed E-state index contributed by atoms with van der Waals surface area (Å²) >= 11 is 0. The van der Waals surface area contributed by atoms with Gasteiger partial charge in [0.25, 0.3) is 0 Å². The highest BCUT2D eigenvalue weighted by Crippen LogP contribution is 2.23. The van der Waals surface area contributed by atoms with Gasteiger partial charge in [0.15, 0.2) is 0 Å². The molecule has 1 saturated carbocycles. The summed E-state index contributed by atoms with van der Waals surface area (Å²) in [6.45, 7) is 0. The Hall–Kier alpha value is -2.30. The molecule has 0 unspecified atom stereocenters. The second kappa shape index (κ2) is 6.22. The first-order valence-electron chi connectivity index (χ1n) is 7.76. The third kappa shape index (κ3) is 2.98. The first kappa shape index (κ1) is 14.6. The molecule has 0 aliphatic heterocycles. The molecule has 22 heavy (non-hydrogen) atoms. The molecule has 116 valence electrons. The lowest BCUT2D eigenvalue weighted by atomic mass is 9.95. The van der Waals surface area contributed by atoms with E-state index in [4.69, 9.17) is 0 Å². The van der Waals surface area contributed by atoms with Crippen molar-refractivity contribution in [1.29, 1.82) is 0 Å². The van der Waals surface area contributed by atoms with Gasteiger partial charge in [-0.1, -0.05) is 19.3 Å². The molecule has 1 amide bonds. The molecule has 1 aromatic carbocycles. The average Bonchev–Trinajstić information content (AvgIpc) is 3.05. The van der Waals surface area contributed by atoms with Crippen LogP contribution in [0.25, 0.3) is 11.3 Å². The molecule has 1 heterocycles. The first-order chi connectivity index (χ1) is 10.6. The van der Waals surface area contributed by atoms with Gasteiger partial charge in [0.1, 0.15) is 12.1 Å². The maximum absolute atomic E-state index is 12.6. The molecule has 1 aromatic heterocycles. The minimum Gasteiger partial charge on any atom is -0.508 e. The quantitative estimate of drug-likeness (QED) is 0.923. The summed E-state index contributed by atoms with van der Waals surface area (Å²) in [6, 6.07) is 7.11. The van der Waals surface area contributed by atoms with E-state index in [0.717, 1.165) is 24.1 Å². The van der Waals surface area contributed by atoms with Crippen LogP contribution >= 0.6 is 0 Å². The van der Waals surface area contributed by atoms with Gasteiger partial charge in [-0.15, -0.1) is 0 Å². The summed E-state index contributed by atoms with van der Waals surface area (Å²) in [6.07, 6.45) is 9.14. The van der Waals surface area contributed by atoms with Crippen molar-refractivity contribution in [3.63, 3.8) is 0 Å². The van der Waals surface area contributed by atoms with E-state index in [-0.39, 0.29) is 11.8 Å². The number of phenolic OH excluding ortho intramolecular Hbond substituents is 1. The number of imidazole rings is 1. The number of carbonyl (C=O) groups is 1. The van der Waals surface area contributed by atoms with Gasteiger partial charge in [0, 0.05) is 24.8 Å². The number of benzene rings is 1. The van der Waals surface area contributed by atoms with Crippen molar-refractivity contribution in [2.24, 2.45) is 0 Å². The number of aromatic nitrogens is 2. The zero-order chi connectivity index (χ0) is 15.5. The smallest absolute Gasteiger partial charge is 0.329 e. The predicted molar refractivity (Wildman–Crippen MR) is 84.8 cm³/mol. The molecule has 1 aliphatic rings. The van der Waals surface area contributed by atoms with E-state index in [2.05, 4.69) is 4.98 Å². The predicted octanol–water partition coefficient (Wildman–Crippen LogP) is 3.49. The number of hydrogen-bond acceptors (Lipinski definition) is 3. The van der Waals surface area contributed by atoms with Crippen molar-refractivity contribution in [3.8, 4) is 17.0 Å². The van der Waals surface area contributed by atoms with E-state index in [1.807, 2.05) is 11.9 Å². The maximum Gasteiger partial charge on any atom is 0.329 e. The summed E-state index contributed by atoms with van der Waals surface area (Å²) in [4.78, 5) is 18.7. The number of phenols is 1. The highest BCUT2D eigenvalue weighted by molar-refractivity contribution is 5.78. The van der Waals surface area contributed by atoms with Gasteiger partial charge >= 0.3 is 6.03 Å². The number of amides is 1. The van der Waals surface area contributed by atoms with Gasteiger partial charge in [0.2, 0.25) is 0 Å². The summed E-state index contributed by atoms with van der Waals surface area (Å²) in [5.41, 5.74) is 1.61. The summed E-state index contributed by atoms with van der Waals surface area (Å²) in [5.74, 6) is 0.219. The van der Waals surface area contributed by atoms with Crippen molar-refractivity contribution in [2.75, 3.05) is 7.05 Å². The number of hydrogen-bond donors (Lipinski definition) is 1. The molecule has 0 bridgehead atoms. The van der Waals surface area contributed by atoms with Gasteiger partial charge in [-0.25, -0.2) is 9.78 Å². The fraction of sp³-hybridized carbons (Fsp3) is 0.412. The Morgan fingerprint density at radius 1 is 1.23 bits per heavy atom. The largest absolute Gasteiger partial charge is 0.508 e. The van der Waals surface area contributed by atoms with Crippen LogP contribution in [0.2, 0.25) is 0 Å². The van der Waals surface area contributed by atoms with Gasteiger partial charge in [-0.3, -0.25) is 4.57 Å². The zero-order valence-electron chi connectivity index (χ0n) is 12.8. The van der Waals surface area contributed by atoms with Gasteiger partial charge in [0.05, 0.1) is 5.69 Å². The van der Waals surface area contributed by atoms with E-state index in [0.29, 0.717) is 6.04 Å². The fourth-order valence-corrected chi connectivity index (χ4v) is 3.02. The zero-order valence-corrected chi connectivity index (χ0v) is 12.8. The van der Waals surface area contributed by atoms with E-state index < -0.39 is 0 Å². The highest BCUT2D eigenvalue weighted by atomic mass is 16.3. The second-order valence-electron chi connectivity index (χ2n) is 5.90. The van der Waals surface area contributed by atoms with Crippen molar-refractivity contribution < 1.29 is 9.90 Å². The molecule has 3 rings (SSSR count). The molecule has 5 nitrogen and oxygen atoms in total. The summed E-state index contributed by atoms with van der Waals surface area (Å²) < 4.78 is 1.54. The summed E-state index contributed by atoms with van der Waals surface area (Å²) in [5, 5.41) is 9.33. The van der Waals surface area contributed by atoms with Crippen molar-refractivity contribution in [1.82, 2.24) is 14.5 Å². The lowest BCUT2D eigenvalue weighted by Crippen LogP contribution is -2.40. The van der Waals surface area contributed by atoms with Crippen LogP contribution in [-0.4, -0.2) is 38.7 Å². The van der Waals surface area contributed by atoms with Gasteiger partial charge < -0.3 is 10.0 Å². The maximum atomic E-state index is 12.6. The van der Waals surface area contributed by atoms with E-state index in [1.54, 1.807) is 36.8 Å². The lowest BCUT2D eigenvalue weighted by Gasteiger charge is -2.31. The van der Waals surface area contributed by atoms with Crippen LogP contribution in [0.4, 0.5) is 4.79 Å². The van der Waals surface area contributed by atoms with Crippen LogP contribution in [-0.2, 0) is 0 Å². The topological polar surface area (TPSA) is 58.4 Å². The lowest BCUT2D eigenvalue weighted by molar-refractivity contribution is 0.175. The first-order valence-corrected chi connectivity index (χ1v) is 7.76. The molecule has 0 saturated heterocycles. The van der Waals surface area contributed by atoms with E-state index in [1.165, 1.54) is 23.8 Å². The van der Waals surface area contributed by atoms with Crippen LogP contribution in [0.5, 0.6) is 5.75 Å². The highest BCUT2D eigenvalue weighted by Gasteiger charge is 2.23. The number of nitrogens with zero attached hydrogens (tertiary/aromatic N) is 3. The molecule has 0 atom stereocenters. The third-order valence-corrected chi connectivity index (χ3v) is 4.39. The molecule has 5 heteroatoms. The monoisotopic (exact) mass is 299 g/mol. The van der Waals surface area contributed by atoms with Gasteiger partial charge in [-0.2, -0.15) is 0 Å². The van der Waals surface area contributed by atoms with E-state index in [9.17, 15) is 9.90 Å². The SMILES string of the molecule is CN(C(=O)n1cnc(-c2ccc(O)cc2)c1)C1CCCCC1. The number of rotatable bonds is 2. The van der Waals surface area contributed by atoms with Crippen LogP contribution in [0, 0.1) is 0 Å². The molecule has 0 radical (unpaired) electrons. The molecule has 2 aromatic rings.